The van der Waals surface area contributed by atoms with Gasteiger partial charge < -0.3 is 10.6 Å². The molecule has 126 valence electrons. The summed E-state index contributed by atoms with van der Waals surface area (Å²) >= 11 is 0. The van der Waals surface area contributed by atoms with Gasteiger partial charge in [-0.2, -0.15) is 0 Å². The van der Waals surface area contributed by atoms with E-state index >= 15 is 0 Å². The van der Waals surface area contributed by atoms with Crippen LogP contribution < -0.4 is 10.6 Å². The summed E-state index contributed by atoms with van der Waals surface area (Å²) < 4.78 is 0. The highest BCUT2D eigenvalue weighted by Crippen LogP contribution is 2.07. The van der Waals surface area contributed by atoms with Gasteiger partial charge in [-0.1, -0.05) is 6.07 Å². The second-order valence-corrected chi connectivity index (χ2v) is 5.43. The zero-order valence-electron chi connectivity index (χ0n) is 13.8. The van der Waals surface area contributed by atoms with Crippen molar-refractivity contribution in [2.75, 3.05) is 5.32 Å². The van der Waals surface area contributed by atoms with E-state index in [0.29, 0.717) is 30.4 Å². The van der Waals surface area contributed by atoms with Gasteiger partial charge >= 0.3 is 0 Å². The summed E-state index contributed by atoms with van der Waals surface area (Å²) in [4.78, 5) is 29.1. The maximum atomic E-state index is 12.3. The molecule has 0 aromatic carbocycles. The SMILES string of the molecule is Cc1cc(C(=O)NCc2ccncc2)nc(NCc2ccccn2)n1. The molecule has 0 unspecified atom stereocenters. The Hall–Kier alpha value is -3.35. The van der Waals surface area contributed by atoms with E-state index in [0.717, 1.165) is 11.3 Å². The van der Waals surface area contributed by atoms with E-state index in [-0.39, 0.29) is 5.91 Å². The number of aromatic nitrogens is 4. The minimum atomic E-state index is -0.247. The predicted molar refractivity (Wildman–Crippen MR) is 93.7 cm³/mol. The largest absolute Gasteiger partial charge is 0.349 e. The Morgan fingerprint density at radius 3 is 2.64 bits per heavy atom. The molecule has 0 spiro atoms. The van der Waals surface area contributed by atoms with Crippen LogP contribution in [-0.4, -0.2) is 25.8 Å². The van der Waals surface area contributed by atoms with E-state index in [1.165, 1.54) is 0 Å². The molecule has 0 saturated carbocycles. The molecule has 7 nitrogen and oxygen atoms in total. The first-order valence-electron chi connectivity index (χ1n) is 7.87. The highest BCUT2D eigenvalue weighted by atomic mass is 16.1. The Labute approximate surface area is 145 Å². The second kappa shape index (κ2) is 7.96. The molecule has 7 heteroatoms. The Balaban J connectivity index is 1.65. The second-order valence-electron chi connectivity index (χ2n) is 5.43. The molecular weight excluding hydrogens is 316 g/mol. The molecule has 0 saturated heterocycles. The van der Waals surface area contributed by atoms with Crippen molar-refractivity contribution < 1.29 is 4.79 Å². The highest BCUT2D eigenvalue weighted by Gasteiger charge is 2.10. The van der Waals surface area contributed by atoms with Gasteiger partial charge in [0, 0.05) is 30.8 Å². The lowest BCUT2D eigenvalue weighted by Crippen LogP contribution is -2.24. The summed E-state index contributed by atoms with van der Waals surface area (Å²) in [6, 6.07) is 11.0. The minimum absolute atomic E-state index is 0.247. The molecule has 0 aliphatic heterocycles. The third-order valence-corrected chi connectivity index (χ3v) is 3.44. The zero-order valence-corrected chi connectivity index (χ0v) is 13.8. The average molecular weight is 334 g/mol. The van der Waals surface area contributed by atoms with Crippen molar-refractivity contribution >= 4 is 11.9 Å². The van der Waals surface area contributed by atoms with E-state index < -0.39 is 0 Å². The third-order valence-electron chi connectivity index (χ3n) is 3.44. The maximum Gasteiger partial charge on any atom is 0.270 e. The number of hydrogen-bond acceptors (Lipinski definition) is 6. The molecule has 3 rings (SSSR count). The third kappa shape index (κ3) is 4.81. The summed E-state index contributed by atoms with van der Waals surface area (Å²) in [5.41, 5.74) is 2.89. The number of carbonyl (C=O) groups is 1. The molecule has 0 aliphatic carbocycles. The number of amides is 1. The summed E-state index contributed by atoms with van der Waals surface area (Å²) in [7, 11) is 0. The number of nitrogens with zero attached hydrogens (tertiary/aromatic N) is 4. The van der Waals surface area contributed by atoms with Crippen LogP contribution in [0.4, 0.5) is 5.95 Å². The van der Waals surface area contributed by atoms with Crippen LogP contribution >= 0.6 is 0 Å². The van der Waals surface area contributed by atoms with Crippen molar-refractivity contribution in [3.05, 3.63) is 77.6 Å². The first-order chi connectivity index (χ1) is 12.2. The molecule has 3 heterocycles. The van der Waals surface area contributed by atoms with E-state index in [2.05, 4.69) is 30.6 Å². The van der Waals surface area contributed by atoms with Gasteiger partial charge in [0.05, 0.1) is 12.2 Å². The number of carbonyl (C=O) groups excluding carboxylic acids is 1. The van der Waals surface area contributed by atoms with Gasteiger partial charge in [-0.15, -0.1) is 0 Å². The van der Waals surface area contributed by atoms with Gasteiger partial charge in [0.2, 0.25) is 5.95 Å². The Kier molecular flexibility index (Phi) is 5.26. The summed E-state index contributed by atoms with van der Waals surface area (Å²) in [5, 5.41) is 5.94. The first kappa shape index (κ1) is 16.5. The maximum absolute atomic E-state index is 12.3. The molecule has 0 radical (unpaired) electrons. The highest BCUT2D eigenvalue weighted by molar-refractivity contribution is 5.92. The van der Waals surface area contributed by atoms with Crippen LogP contribution in [0.15, 0.2) is 55.0 Å². The molecule has 0 atom stereocenters. The molecule has 0 aliphatic rings. The molecule has 2 N–H and O–H groups in total. The molecular formula is C18H18N6O. The lowest BCUT2D eigenvalue weighted by Gasteiger charge is -2.09. The molecule has 1 amide bonds. The summed E-state index contributed by atoms with van der Waals surface area (Å²) in [5.74, 6) is 0.155. The van der Waals surface area contributed by atoms with Crippen LogP contribution in [-0.2, 0) is 13.1 Å². The van der Waals surface area contributed by atoms with Crippen LogP contribution in [0.5, 0.6) is 0 Å². The standard InChI is InChI=1S/C18H18N6O/c1-13-10-16(17(25)21-11-14-5-8-19-9-6-14)24-18(23-13)22-12-15-4-2-3-7-20-15/h2-10H,11-12H2,1H3,(H,21,25)(H,22,23,24). The number of rotatable bonds is 6. The van der Waals surface area contributed by atoms with Crippen molar-refractivity contribution in [3.8, 4) is 0 Å². The van der Waals surface area contributed by atoms with Crippen LogP contribution in [0.25, 0.3) is 0 Å². The molecule has 25 heavy (non-hydrogen) atoms. The number of hydrogen-bond donors (Lipinski definition) is 2. The van der Waals surface area contributed by atoms with Crippen LogP contribution in [0.2, 0.25) is 0 Å². The van der Waals surface area contributed by atoms with Gasteiger partial charge in [-0.25, -0.2) is 9.97 Å². The van der Waals surface area contributed by atoms with E-state index in [1.807, 2.05) is 37.3 Å². The van der Waals surface area contributed by atoms with Gasteiger partial charge in [0.25, 0.3) is 5.91 Å². The Morgan fingerprint density at radius 2 is 1.88 bits per heavy atom. The van der Waals surface area contributed by atoms with Crippen molar-refractivity contribution in [1.82, 2.24) is 25.3 Å². The quantitative estimate of drug-likeness (QED) is 0.717. The fourth-order valence-electron chi connectivity index (χ4n) is 2.21. The van der Waals surface area contributed by atoms with Crippen LogP contribution in [0, 0.1) is 6.92 Å². The fourth-order valence-corrected chi connectivity index (χ4v) is 2.21. The fraction of sp³-hybridized carbons (Fsp3) is 0.167. The summed E-state index contributed by atoms with van der Waals surface area (Å²) in [6.07, 6.45) is 5.11. The lowest BCUT2D eigenvalue weighted by atomic mass is 10.2. The van der Waals surface area contributed by atoms with Crippen molar-refractivity contribution in [2.24, 2.45) is 0 Å². The van der Waals surface area contributed by atoms with Gasteiger partial charge in [0.15, 0.2) is 0 Å². The average Bonchev–Trinajstić information content (AvgIpc) is 2.66. The number of pyridine rings is 2. The van der Waals surface area contributed by atoms with Gasteiger partial charge in [-0.3, -0.25) is 14.8 Å². The molecule has 3 aromatic rings. The Bertz CT molecular complexity index is 839. The van der Waals surface area contributed by atoms with Crippen molar-refractivity contribution in [1.29, 1.82) is 0 Å². The monoisotopic (exact) mass is 334 g/mol. The number of nitrogens with one attached hydrogen (secondary N) is 2. The van der Waals surface area contributed by atoms with E-state index in [9.17, 15) is 4.79 Å². The lowest BCUT2D eigenvalue weighted by molar-refractivity contribution is 0.0945. The zero-order chi connectivity index (χ0) is 17.5. The number of aryl methyl sites for hydroxylation is 1. The molecule has 0 bridgehead atoms. The topological polar surface area (TPSA) is 92.7 Å². The normalized spacial score (nSPS) is 10.3. The van der Waals surface area contributed by atoms with Crippen molar-refractivity contribution in [2.45, 2.75) is 20.0 Å². The minimum Gasteiger partial charge on any atom is -0.349 e. The number of anilines is 1. The van der Waals surface area contributed by atoms with E-state index in [1.54, 1.807) is 24.7 Å². The Morgan fingerprint density at radius 1 is 1.04 bits per heavy atom. The molecule has 3 aromatic heterocycles. The van der Waals surface area contributed by atoms with Crippen LogP contribution in [0.1, 0.15) is 27.4 Å². The van der Waals surface area contributed by atoms with Gasteiger partial charge in [-0.05, 0) is 42.8 Å². The van der Waals surface area contributed by atoms with Crippen molar-refractivity contribution in [3.63, 3.8) is 0 Å². The van der Waals surface area contributed by atoms with Crippen LogP contribution in [0.3, 0.4) is 0 Å². The summed E-state index contributed by atoms with van der Waals surface area (Å²) in [6.45, 7) is 2.73. The first-order valence-corrected chi connectivity index (χ1v) is 7.87. The molecule has 0 fully saturated rings. The smallest absolute Gasteiger partial charge is 0.270 e. The van der Waals surface area contributed by atoms with E-state index in [4.69, 9.17) is 0 Å². The van der Waals surface area contributed by atoms with Gasteiger partial charge in [0.1, 0.15) is 5.69 Å². The predicted octanol–water partition coefficient (Wildman–Crippen LogP) is 2.12.